The van der Waals surface area contributed by atoms with Crippen LogP contribution in [0.1, 0.15) is 33.1 Å². The molecule has 0 aromatic carbocycles. The van der Waals surface area contributed by atoms with E-state index in [9.17, 15) is 4.79 Å². The second-order valence-electron chi connectivity index (χ2n) is 5.45. The number of carbonyl (C=O) groups is 1. The summed E-state index contributed by atoms with van der Waals surface area (Å²) in [6.45, 7) is 7.79. The van der Waals surface area contributed by atoms with Crippen LogP contribution in [0, 0.1) is 5.92 Å². The number of hydrogen-bond acceptors (Lipinski definition) is 3. The minimum Gasteiger partial charge on any atom is -0.372 e. The van der Waals surface area contributed by atoms with Crippen LogP contribution in [-0.2, 0) is 9.53 Å². The van der Waals surface area contributed by atoms with Gasteiger partial charge in [-0.2, -0.15) is 0 Å². The molecule has 0 bridgehead atoms. The first kappa shape index (κ1) is 12.8. The van der Waals surface area contributed by atoms with Crippen molar-refractivity contribution in [2.24, 2.45) is 5.92 Å². The predicted octanol–water partition coefficient (Wildman–Crippen LogP) is 1.01. The van der Waals surface area contributed by atoms with Crippen molar-refractivity contribution in [2.45, 2.75) is 45.3 Å². The van der Waals surface area contributed by atoms with Crippen LogP contribution in [0.25, 0.3) is 0 Å². The summed E-state index contributed by atoms with van der Waals surface area (Å²) in [5.41, 5.74) is 0. The van der Waals surface area contributed by atoms with Gasteiger partial charge in [-0.05, 0) is 45.7 Å². The van der Waals surface area contributed by atoms with Crippen LogP contribution < -0.4 is 5.32 Å². The van der Waals surface area contributed by atoms with Gasteiger partial charge in [-0.15, -0.1) is 0 Å². The number of hydrogen-bond donors (Lipinski definition) is 1. The summed E-state index contributed by atoms with van der Waals surface area (Å²) in [7, 11) is 0. The van der Waals surface area contributed by atoms with Gasteiger partial charge in [-0.1, -0.05) is 0 Å². The number of ether oxygens (including phenoxy) is 1. The Labute approximate surface area is 104 Å². The summed E-state index contributed by atoms with van der Waals surface area (Å²) in [5, 5.41) is 3.34. The monoisotopic (exact) mass is 240 g/mol. The van der Waals surface area contributed by atoms with Crippen LogP contribution in [0.15, 0.2) is 0 Å². The van der Waals surface area contributed by atoms with E-state index in [-0.39, 0.29) is 12.2 Å². The summed E-state index contributed by atoms with van der Waals surface area (Å²) < 4.78 is 5.64. The van der Waals surface area contributed by atoms with E-state index in [1.54, 1.807) is 0 Å². The normalized spacial score (nSPS) is 34.0. The maximum Gasteiger partial charge on any atom is 0.222 e. The van der Waals surface area contributed by atoms with Gasteiger partial charge >= 0.3 is 0 Å². The van der Waals surface area contributed by atoms with Gasteiger partial charge in [0.2, 0.25) is 5.91 Å². The summed E-state index contributed by atoms with van der Waals surface area (Å²) >= 11 is 0. The van der Waals surface area contributed by atoms with E-state index < -0.39 is 0 Å². The van der Waals surface area contributed by atoms with Gasteiger partial charge in [-0.3, -0.25) is 4.79 Å². The lowest BCUT2D eigenvalue weighted by atomic mass is 10.0. The lowest BCUT2D eigenvalue weighted by molar-refractivity contribution is -0.143. The Kier molecular flexibility index (Phi) is 4.40. The summed E-state index contributed by atoms with van der Waals surface area (Å²) in [4.78, 5) is 14.1. The highest BCUT2D eigenvalue weighted by molar-refractivity contribution is 5.76. The maximum absolute atomic E-state index is 12.1. The van der Waals surface area contributed by atoms with E-state index in [4.69, 9.17) is 4.74 Å². The molecule has 0 aromatic rings. The highest BCUT2D eigenvalue weighted by Gasteiger charge is 2.26. The van der Waals surface area contributed by atoms with Crippen molar-refractivity contribution in [3.05, 3.63) is 0 Å². The number of nitrogens with zero attached hydrogens (tertiary/aromatic N) is 1. The number of nitrogens with one attached hydrogen (secondary N) is 1. The molecule has 17 heavy (non-hydrogen) atoms. The topological polar surface area (TPSA) is 41.6 Å². The van der Waals surface area contributed by atoms with E-state index in [0.717, 1.165) is 32.6 Å². The SMILES string of the molecule is C[C@@H]1CN(C(=O)CCC2CCNC2)C[C@H](C)O1. The minimum atomic E-state index is 0.177. The molecule has 98 valence electrons. The molecule has 2 fully saturated rings. The summed E-state index contributed by atoms with van der Waals surface area (Å²) in [6.07, 6.45) is 3.31. The Hall–Kier alpha value is -0.610. The molecule has 1 N–H and O–H groups in total. The maximum atomic E-state index is 12.1. The molecule has 0 aromatic heterocycles. The highest BCUT2D eigenvalue weighted by Crippen LogP contribution is 2.17. The minimum absolute atomic E-state index is 0.177. The van der Waals surface area contributed by atoms with Crippen molar-refractivity contribution in [1.82, 2.24) is 10.2 Å². The first-order chi connectivity index (χ1) is 8.15. The average Bonchev–Trinajstić information content (AvgIpc) is 2.77. The molecule has 1 unspecified atom stereocenters. The molecule has 4 heteroatoms. The Morgan fingerprint density at radius 2 is 2.06 bits per heavy atom. The third-order valence-corrected chi connectivity index (χ3v) is 3.70. The Balaban J connectivity index is 1.74. The molecular formula is C13H24N2O2. The number of rotatable bonds is 3. The molecule has 4 nitrogen and oxygen atoms in total. The molecule has 2 aliphatic rings. The Morgan fingerprint density at radius 3 is 2.65 bits per heavy atom. The fraction of sp³-hybridized carbons (Fsp3) is 0.923. The lowest BCUT2D eigenvalue weighted by Crippen LogP contribution is -2.48. The first-order valence-corrected chi connectivity index (χ1v) is 6.79. The number of amides is 1. The van der Waals surface area contributed by atoms with E-state index in [1.807, 2.05) is 18.7 Å². The van der Waals surface area contributed by atoms with Crippen LogP contribution in [0.2, 0.25) is 0 Å². The number of morpholine rings is 1. The van der Waals surface area contributed by atoms with Gasteiger partial charge in [0, 0.05) is 19.5 Å². The zero-order valence-corrected chi connectivity index (χ0v) is 10.9. The van der Waals surface area contributed by atoms with Gasteiger partial charge < -0.3 is 15.0 Å². The fourth-order valence-electron chi connectivity index (χ4n) is 2.83. The molecular weight excluding hydrogens is 216 g/mol. The quantitative estimate of drug-likeness (QED) is 0.800. The van der Waals surface area contributed by atoms with Gasteiger partial charge in [0.1, 0.15) is 0 Å². The van der Waals surface area contributed by atoms with Gasteiger partial charge in [0.25, 0.3) is 0 Å². The summed E-state index contributed by atoms with van der Waals surface area (Å²) in [6, 6.07) is 0. The molecule has 0 spiro atoms. The standard InChI is InChI=1S/C13H24N2O2/c1-10-8-15(9-11(2)17-10)13(16)4-3-12-5-6-14-7-12/h10-12,14H,3-9H2,1-2H3/t10-,11+,12?. The predicted molar refractivity (Wildman–Crippen MR) is 66.8 cm³/mol. The van der Waals surface area contributed by atoms with E-state index in [0.29, 0.717) is 18.2 Å². The van der Waals surface area contributed by atoms with Crippen LogP contribution in [0.4, 0.5) is 0 Å². The first-order valence-electron chi connectivity index (χ1n) is 6.79. The molecule has 2 saturated heterocycles. The molecule has 2 rings (SSSR count). The van der Waals surface area contributed by atoms with Crippen molar-refractivity contribution >= 4 is 5.91 Å². The highest BCUT2D eigenvalue weighted by atomic mass is 16.5. The molecule has 1 amide bonds. The smallest absolute Gasteiger partial charge is 0.222 e. The van der Waals surface area contributed by atoms with Crippen LogP contribution >= 0.6 is 0 Å². The lowest BCUT2D eigenvalue weighted by Gasteiger charge is -2.35. The van der Waals surface area contributed by atoms with Crippen LogP contribution in [-0.4, -0.2) is 49.2 Å². The third-order valence-electron chi connectivity index (χ3n) is 3.70. The Bertz CT molecular complexity index is 254. The van der Waals surface area contributed by atoms with E-state index in [2.05, 4.69) is 5.32 Å². The second-order valence-corrected chi connectivity index (χ2v) is 5.45. The molecule has 3 atom stereocenters. The molecule has 2 heterocycles. The molecule has 0 saturated carbocycles. The van der Waals surface area contributed by atoms with Crippen LogP contribution in [0.3, 0.4) is 0 Å². The van der Waals surface area contributed by atoms with E-state index >= 15 is 0 Å². The molecule has 2 aliphatic heterocycles. The zero-order valence-electron chi connectivity index (χ0n) is 10.9. The summed E-state index contributed by atoms with van der Waals surface area (Å²) in [5.74, 6) is 1.01. The number of carbonyl (C=O) groups excluding carboxylic acids is 1. The average molecular weight is 240 g/mol. The molecule has 0 radical (unpaired) electrons. The second kappa shape index (κ2) is 5.83. The zero-order chi connectivity index (χ0) is 12.3. The van der Waals surface area contributed by atoms with Crippen molar-refractivity contribution in [1.29, 1.82) is 0 Å². The molecule has 0 aliphatic carbocycles. The van der Waals surface area contributed by atoms with Gasteiger partial charge in [-0.25, -0.2) is 0 Å². The van der Waals surface area contributed by atoms with Crippen molar-refractivity contribution in [3.8, 4) is 0 Å². The van der Waals surface area contributed by atoms with Crippen molar-refractivity contribution in [2.75, 3.05) is 26.2 Å². The third kappa shape index (κ3) is 3.68. The van der Waals surface area contributed by atoms with Crippen LogP contribution in [0.5, 0.6) is 0 Å². The Morgan fingerprint density at radius 1 is 1.35 bits per heavy atom. The van der Waals surface area contributed by atoms with Crippen molar-refractivity contribution < 1.29 is 9.53 Å². The fourth-order valence-corrected chi connectivity index (χ4v) is 2.83. The largest absolute Gasteiger partial charge is 0.372 e. The van der Waals surface area contributed by atoms with E-state index in [1.165, 1.54) is 6.42 Å². The van der Waals surface area contributed by atoms with Gasteiger partial charge in [0.15, 0.2) is 0 Å². The van der Waals surface area contributed by atoms with Crippen molar-refractivity contribution in [3.63, 3.8) is 0 Å². The van der Waals surface area contributed by atoms with Gasteiger partial charge in [0.05, 0.1) is 12.2 Å².